The minimum Gasteiger partial charge on any atom is -0.490 e. The molecule has 3 aromatic rings. The molecule has 1 aromatic heterocycles. The Kier molecular flexibility index (Phi) is 6.54. The molecule has 1 aliphatic carbocycles. The third kappa shape index (κ3) is 5.38. The van der Waals surface area contributed by atoms with Gasteiger partial charge < -0.3 is 4.74 Å². The van der Waals surface area contributed by atoms with Crippen LogP contribution in [0.2, 0.25) is 0 Å². The average molecular weight is 518 g/mol. The maximum atomic E-state index is 13.0. The van der Waals surface area contributed by atoms with Crippen LogP contribution in [0.25, 0.3) is 0 Å². The second-order valence-electron chi connectivity index (χ2n) is 9.05. The summed E-state index contributed by atoms with van der Waals surface area (Å²) in [4.78, 5) is 2.47. The number of ether oxygens (including phenoxy) is 1. The van der Waals surface area contributed by atoms with Crippen molar-refractivity contribution >= 4 is 31.0 Å². The molecule has 2 aromatic carbocycles. The normalized spacial score (nSPS) is 19.4. The molecule has 0 radical (unpaired) electrons. The Morgan fingerprint density at radius 3 is 2.35 bits per heavy atom. The lowest BCUT2D eigenvalue weighted by atomic mass is 10.1. The number of nitrogens with zero attached hydrogens (tertiary/aromatic N) is 1. The van der Waals surface area contributed by atoms with E-state index in [4.69, 9.17) is 4.74 Å². The summed E-state index contributed by atoms with van der Waals surface area (Å²) >= 11 is 0.982. The van der Waals surface area contributed by atoms with Gasteiger partial charge in [0.15, 0.2) is 9.84 Å². The Morgan fingerprint density at radius 1 is 0.912 bits per heavy atom. The molecule has 1 atom stereocenters. The highest BCUT2D eigenvalue weighted by atomic mass is 32.2. The monoisotopic (exact) mass is 517 g/mol. The van der Waals surface area contributed by atoms with Crippen molar-refractivity contribution in [2.24, 2.45) is 5.92 Å². The molecular formula is C25H27NO5S3. The Morgan fingerprint density at radius 2 is 1.65 bits per heavy atom. The predicted octanol–water partition coefficient (Wildman–Crippen LogP) is 4.42. The molecule has 5 rings (SSSR count). The van der Waals surface area contributed by atoms with Crippen LogP contribution in [-0.2, 0) is 26.2 Å². The molecule has 0 amide bonds. The van der Waals surface area contributed by atoms with Gasteiger partial charge in [-0.3, -0.25) is 4.90 Å². The largest absolute Gasteiger partial charge is 0.490 e. The van der Waals surface area contributed by atoms with E-state index >= 15 is 0 Å². The second-order valence-corrected chi connectivity index (χ2v) is 14.2. The smallest absolute Gasteiger partial charge is 0.207 e. The van der Waals surface area contributed by atoms with Crippen LogP contribution in [0, 0.1) is 5.92 Å². The molecule has 2 aliphatic rings. The van der Waals surface area contributed by atoms with Crippen LogP contribution in [0.3, 0.4) is 0 Å². The summed E-state index contributed by atoms with van der Waals surface area (Å²) in [6.07, 6.45) is 3.46. The van der Waals surface area contributed by atoms with Gasteiger partial charge in [-0.25, -0.2) is 16.8 Å². The van der Waals surface area contributed by atoms with Crippen molar-refractivity contribution in [1.82, 2.24) is 4.90 Å². The fraction of sp³-hybridized carbons (Fsp3) is 0.360. The van der Waals surface area contributed by atoms with E-state index in [-0.39, 0.29) is 25.7 Å². The summed E-state index contributed by atoms with van der Waals surface area (Å²) in [5.41, 5.74) is 1.18. The molecule has 0 bridgehead atoms. The van der Waals surface area contributed by atoms with Gasteiger partial charge in [-0.1, -0.05) is 30.3 Å². The van der Waals surface area contributed by atoms with Crippen LogP contribution in [0.4, 0.5) is 0 Å². The zero-order chi connectivity index (χ0) is 23.8. The van der Waals surface area contributed by atoms with Gasteiger partial charge in [-0.05, 0) is 67.6 Å². The molecule has 0 spiro atoms. The first kappa shape index (κ1) is 23.5. The Balaban J connectivity index is 1.19. The van der Waals surface area contributed by atoms with Gasteiger partial charge in [-0.2, -0.15) is 0 Å². The Labute approximate surface area is 205 Å². The summed E-state index contributed by atoms with van der Waals surface area (Å²) in [6, 6.07) is 17.5. The van der Waals surface area contributed by atoms with Crippen LogP contribution in [0.5, 0.6) is 5.75 Å². The van der Waals surface area contributed by atoms with E-state index in [0.717, 1.165) is 49.4 Å². The maximum absolute atomic E-state index is 13.0. The summed E-state index contributed by atoms with van der Waals surface area (Å²) in [5, 5.41) is 1.42. The van der Waals surface area contributed by atoms with Gasteiger partial charge in [-0.15, -0.1) is 11.3 Å². The average Bonchev–Trinajstić information content (AvgIpc) is 3.29. The summed E-state index contributed by atoms with van der Waals surface area (Å²) in [6.45, 7) is 2.33. The number of hydrogen-bond acceptors (Lipinski definition) is 7. The van der Waals surface area contributed by atoms with Gasteiger partial charge in [0.1, 0.15) is 9.96 Å². The van der Waals surface area contributed by atoms with Crippen molar-refractivity contribution in [3.63, 3.8) is 0 Å². The molecule has 0 N–H and O–H groups in total. The predicted molar refractivity (Wildman–Crippen MR) is 132 cm³/mol. The van der Waals surface area contributed by atoms with Crippen molar-refractivity contribution in [3.8, 4) is 5.75 Å². The number of sulfone groups is 2. The van der Waals surface area contributed by atoms with Crippen LogP contribution in [-0.4, -0.2) is 46.7 Å². The third-order valence-corrected chi connectivity index (χ3v) is 11.5. The number of rotatable bonds is 9. The first-order valence-corrected chi connectivity index (χ1v) is 15.4. The van der Waals surface area contributed by atoms with Gasteiger partial charge in [0.25, 0.3) is 0 Å². The molecule has 0 unspecified atom stereocenters. The fourth-order valence-corrected chi connectivity index (χ4v) is 8.89. The topological polar surface area (TPSA) is 80.8 Å². The lowest BCUT2D eigenvalue weighted by Gasteiger charge is -2.16. The number of thiophene rings is 1. The molecule has 6 nitrogen and oxygen atoms in total. The Hall–Kier alpha value is -2.20. The summed E-state index contributed by atoms with van der Waals surface area (Å²) in [7, 11) is -7.29. The van der Waals surface area contributed by atoms with Crippen LogP contribution in [0.1, 0.15) is 24.8 Å². The highest BCUT2D eigenvalue weighted by Gasteiger charge is 2.30. The number of hydrogen-bond donors (Lipinski definition) is 0. The van der Waals surface area contributed by atoms with E-state index in [1.807, 2.05) is 12.1 Å². The van der Waals surface area contributed by atoms with Crippen LogP contribution < -0.4 is 4.74 Å². The van der Waals surface area contributed by atoms with Crippen molar-refractivity contribution < 1.29 is 21.6 Å². The quantitative estimate of drug-likeness (QED) is 0.418. The van der Waals surface area contributed by atoms with E-state index < -0.39 is 19.7 Å². The summed E-state index contributed by atoms with van der Waals surface area (Å²) in [5.74, 6) is 0.961. The molecule has 2 heterocycles. The molecule has 1 saturated heterocycles. The first-order chi connectivity index (χ1) is 16.3. The zero-order valence-corrected chi connectivity index (χ0v) is 21.1. The minimum absolute atomic E-state index is 0.0266. The molecule has 34 heavy (non-hydrogen) atoms. The van der Waals surface area contributed by atoms with E-state index in [1.54, 1.807) is 18.2 Å². The maximum Gasteiger partial charge on any atom is 0.207 e. The van der Waals surface area contributed by atoms with E-state index in [9.17, 15) is 16.8 Å². The highest BCUT2D eigenvalue weighted by molar-refractivity contribution is 7.94. The van der Waals surface area contributed by atoms with Crippen LogP contribution in [0.15, 0.2) is 80.0 Å². The van der Waals surface area contributed by atoms with Gasteiger partial charge in [0.05, 0.1) is 21.6 Å². The number of likely N-dealkylation sites (tertiary alicyclic amines) is 1. The minimum atomic E-state index is -3.73. The van der Waals surface area contributed by atoms with Gasteiger partial charge in [0, 0.05) is 18.5 Å². The van der Waals surface area contributed by atoms with E-state index in [1.165, 1.54) is 29.1 Å². The molecule has 9 heteroatoms. The zero-order valence-electron chi connectivity index (χ0n) is 18.7. The first-order valence-electron chi connectivity index (χ1n) is 11.4. The van der Waals surface area contributed by atoms with Crippen molar-refractivity contribution in [2.75, 3.05) is 18.8 Å². The lowest BCUT2D eigenvalue weighted by Crippen LogP contribution is -2.23. The lowest BCUT2D eigenvalue weighted by molar-refractivity contribution is 0.302. The molecule has 1 aliphatic heterocycles. The summed E-state index contributed by atoms with van der Waals surface area (Å²) < 4.78 is 57.6. The highest BCUT2D eigenvalue weighted by Crippen LogP contribution is 2.31. The SMILES string of the molecule is O=S(=O)(C[C@@H]1CCN(Cc2ccc(OC3CC3)cc2)C1)c1cc(S(=O)(=O)c2ccccc2)cs1. The van der Waals surface area contributed by atoms with Gasteiger partial charge >= 0.3 is 0 Å². The standard InChI is InChI=1S/C25H27NO5S3/c27-33(28,25-14-24(17-32-25)34(29,30)23-4-2-1-3-5-23)18-20-12-13-26(16-20)15-19-6-8-21(9-7-19)31-22-10-11-22/h1-9,14,17,20,22H,10-13,15-16,18H2/t20-/m1/s1. The van der Waals surface area contributed by atoms with Crippen molar-refractivity contribution in [3.05, 3.63) is 71.6 Å². The molecule has 1 saturated carbocycles. The molecule has 180 valence electrons. The second kappa shape index (κ2) is 9.45. The van der Waals surface area contributed by atoms with E-state index in [0.29, 0.717) is 12.6 Å². The van der Waals surface area contributed by atoms with Gasteiger partial charge in [0.2, 0.25) is 9.84 Å². The Bertz CT molecular complexity index is 1350. The van der Waals surface area contributed by atoms with E-state index in [2.05, 4.69) is 17.0 Å². The fourth-order valence-electron chi connectivity index (χ4n) is 4.24. The molecule has 2 fully saturated rings. The molecular weight excluding hydrogens is 490 g/mol. The van der Waals surface area contributed by atoms with Crippen molar-refractivity contribution in [2.45, 2.75) is 45.9 Å². The van der Waals surface area contributed by atoms with Crippen LogP contribution >= 0.6 is 11.3 Å². The van der Waals surface area contributed by atoms with Crippen molar-refractivity contribution in [1.29, 1.82) is 0 Å². The number of benzene rings is 2. The third-order valence-electron chi connectivity index (χ3n) is 6.20.